The Hall–Kier alpha value is -1.55. The van der Waals surface area contributed by atoms with Gasteiger partial charge in [0.1, 0.15) is 11.8 Å². The molecule has 0 aromatic heterocycles. The van der Waals surface area contributed by atoms with Gasteiger partial charge in [-0.15, -0.1) is 0 Å². The first-order valence-corrected chi connectivity index (χ1v) is 6.29. The van der Waals surface area contributed by atoms with Crippen LogP contribution in [0, 0.1) is 6.92 Å². The van der Waals surface area contributed by atoms with Crippen LogP contribution in [0.4, 0.5) is 0 Å². The van der Waals surface area contributed by atoms with Gasteiger partial charge in [-0.1, -0.05) is 25.1 Å². The Kier molecular flexibility index (Phi) is 6.22. The lowest BCUT2D eigenvalue weighted by Gasteiger charge is -2.15. The minimum atomic E-state index is -0.822. The van der Waals surface area contributed by atoms with Crippen molar-refractivity contribution in [2.24, 2.45) is 0 Å². The van der Waals surface area contributed by atoms with Gasteiger partial charge in [0, 0.05) is 6.42 Å². The molecule has 1 rings (SSSR count). The van der Waals surface area contributed by atoms with Crippen LogP contribution in [0.1, 0.15) is 25.3 Å². The van der Waals surface area contributed by atoms with E-state index in [2.05, 4.69) is 5.32 Å². The number of para-hydroxylation sites is 1. The average molecular weight is 251 g/mol. The van der Waals surface area contributed by atoms with E-state index < -0.39 is 12.0 Å². The number of carboxylic acid groups (broad SMARTS) is 1. The summed E-state index contributed by atoms with van der Waals surface area (Å²) in [5.74, 6) is -0.00559. The third-order valence-electron chi connectivity index (χ3n) is 2.70. The lowest BCUT2D eigenvalue weighted by molar-refractivity contribution is -0.139. The summed E-state index contributed by atoms with van der Waals surface area (Å²) in [5.41, 5.74) is 1.06. The molecule has 0 saturated carbocycles. The van der Waals surface area contributed by atoms with Gasteiger partial charge >= 0.3 is 5.97 Å². The quantitative estimate of drug-likeness (QED) is 0.743. The Labute approximate surface area is 108 Å². The topological polar surface area (TPSA) is 58.6 Å². The predicted molar refractivity (Wildman–Crippen MR) is 71.0 cm³/mol. The summed E-state index contributed by atoms with van der Waals surface area (Å²) in [7, 11) is 0. The Morgan fingerprint density at radius 3 is 2.78 bits per heavy atom. The first-order valence-electron chi connectivity index (χ1n) is 6.29. The number of nitrogens with one attached hydrogen (secondary N) is 1. The van der Waals surface area contributed by atoms with Gasteiger partial charge in [0.25, 0.3) is 0 Å². The zero-order valence-electron chi connectivity index (χ0n) is 11.0. The van der Waals surface area contributed by atoms with Gasteiger partial charge in [-0.3, -0.25) is 4.79 Å². The van der Waals surface area contributed by atoms with E-state index in [1.54, 1.807) is 0 Å². The lowest BCUT2D eigenvalue weighted by atomic mass is 10.2. The fourth-order valence-corrected chi connectivity index (χ4v) is 1.64. The molecule has 0 aliphatic carbocycles. The van der Waals surface area contributed by atoms with Crippen LogP contribution in [0.3, 0.4) is 0 Å². The summed E-state index contributed by atoms with van der Waals surface area (Å²) in [5, 5.41) is 12.0. The number of hydrogen-bond acceptors (Lipinski definition) is 3. The van der Waals surface area contributed by atoms with Crippen LogP contribution >= 0.6 is 0 Å². The molecule has 0 fully saturated rings. The summed E-state index contributed by atoms with van der Waals surface area (Å²) >= 11 is 0. The van der Waals surface area contributed by atoms with Gasteiger partial charge in [-0.25, -0.2) is 0 Å². The van der Waals surface area contributed by atoms with Crippen molar-refractivity contribution >= 4 is 5.97 Å². The molecule has 1 unspecified atom stereocenters. The van der Waals surface area contributed by atoms with Crippen molar-refractivity contribution in [3.8, 4) is 5.75 Å². The molecule has 100 valence electrons. The zero-order valence-corrected chi connectivity index (χ0v) is 11.0. The minimum absolute atomic E-state index is 0.401. The second kappa shape index (κ2) is 7.71. The molecule has 0 aliphatic rings. The first-order chi connectivity index (χ1) is 8.65. The normalized spacial score (nSPS) is 12.1. The maximum atomic E-state index is 11.0. The van der Waals surface area contributed by atoms with Crippen LogP contribution < -0.4 is 10.1 Å². The highest BCUT2D eigenvalue weighted by Crippen LogP contribution is 2.16. The Morgan fingerprint density at radius 2 is 2.17 bits per heavy atom. The number of hydrogen-bond donors (Lipinski definition) is 2. The SMILES string of the molecule is CCCNC(CCOc1ccccc1C)C(=O)O. The summed E-state index contributed by atoms with van der Waals surface area (Å²) in [4.78, 5) is 11.0. The van der Waals surface area contributed by atoms with Gasteiger partial charge in [0.05, 0.1) is 6.61 Å². The van der Waals surface area contributed by atoms with Crippen molar-refractivity contribution in [3.63, 3.8) is 0 Å². The van der Waals surface area contributed by atoms with Crippen LogP contribution in [0.5, 0.6) is 5.75 Å². The molecule has 0 heterocycles. The van der Waals surface area contributed by atoms with Crippen molar-refractivity contribution in [2.75, 3.05) is 13.2 Å². The third kappa shape index (κ3) is 4.75. The number of aliphatic carboxylic acids is 1. The van der Waals surface area contributed by atoms with Crippen molar-refractivity contribution in [2.45, 2.75) is 32.7 Å². The van der Waals surface area contributed by atoms with Crippen molar-refractivity contribution in [1.29, 1.82) is 0 Å². The molecular weight excluding hydrogens is 230 g/mol. The number of carbonyl (C=O) groups is 1. The van der Waals surface area contributed by atoms with Crippen LogP contribution in [-0.2, 0) is 4.79 Å². The molecule has 1 aromatic carbocycles. The highest BCUT2D eigenvalue weighted by Gasteiger charge is 2.16. The van der Waals surface area contributed by atoms with Crippen LogP contribution in [0.25, 0.3) is 0 Å². The maximum Gasteiger partial charge on any atom is 0.320 e. The Balaban J connectivity index is 2.39. The summed E-state index contributed by atoms with van der Waals surface area (Å²) in [6.07, 6.45) is 1.38. The third-order valence-corrected chi connectivity index (χ3v) is 2.70. The van der Waals surface area contributed by atoms with E-state index in [-0.39, 0.29) is 0 Å². The van der Waals surface area contributed by atoms with Crippen LogP contribution in [0.2, 0.25) is 0 Å². The number of ether oxygens (including phenoxy) is 1. The Bertz CT molecular complexity index is 379. The van der Waals surface area contributed by atoms with E-state index in [0.717, 1.165) is 17.7 Å². The lowest BCUT2D eigenvalue weighted by Crippen LogP contribution is -2.38. The van der Waals surface area contributed by atoms with Gasteiger partial charge in [0.2, 0.25) is 0 Å². The van der Waals surface area contributed by atoms with Gasteiger partial charge < -0.3 is 15.2 Å². The van der Waals surface area contributed by atoms with Gasteiger partial charge in [-0.2, -0.15) is 0 Å². The van der Waals surface area contributed by atoms with E-state index >= 15 is 0 Å². The van der Waals surface area contributed by atoms with E-state index in [1.807, 2.05) is 38.1 Å². The number of benzene rings is 1. The van der Waals surface area contributed by atoms with Crippen molar-refractivity contribution in [3.05, 3.63) is 29.8 Å². The molecule has 0 amide bonds. The van der Waals surface area contributed by atoms with E-state index in [1.165, 1.54) is 0 Å². The molecule has 4 heteroatoms. The molecule has 18 heavy (non-hydrogen) atoms. The molecule has 0 radical (unpaired) electrons. The Morgan fingerprint density at radius 1 is 1.44 bits per heavy atom. The standard InChI is InChI=1S/C14H21NO3/c1-3-9-15-12(14(16)17)8-10-18-13-7-5-4-6-11(13)2/h4-7,12,15H,3,8-10H2,1-2H3,(H,16,17). The first kappa shape index (κ1) is 14.5. The monoisotopic (exact) mass is 251 g/mol. The highest BCUT2D eigenvalue weighted by atomic mass is 16.5. The number of rotatable bonds is 8. The molecule has 0 bridgehead atoms. The van der Waals surface area contributed by atoms with E-state index in [4.69, 9.17) is 9.84 Å². The zero-order chi connectivity index (χ0) is 13.4. The largest absolute Gasteiger partial charge is 0.493 e. The molecule has 1 atom stereocenters. The average Bonchev–Trinajstić information content (AvgIpc) is 2.35. The van der Waals surface area contributed by atoms with Crippen molar-refractivity contribution < 1.29 is 14.6 Å². The fourth-order valence-electron chi connectivity index (χ4n) is 1.64. The molecular formula is C14H21NO3. The molecule has 0 aliphatic heterocycles. The highest BCUT2D eigenvalue weighted by molar-refractivity contribution is 5.73. The van der Waals surface area contributed by atoms with Gasteiger partial charge in [-0.05, 0) is 31.5 Å². The summed E-state index contributed by atoms with van der Waals surface area (Å²) in [6.45, 7) is 5.09. The number of carboxylic acids is 1. The minimum Gasteiger partial charge on any atom is -0.493 e. The second-order valence-corrected chi connectivity index (χ2v) is 4.25. The molecule has 4 nitrogen and oxygen atoms in total. The molecule has 1 aromatic rings. The summed E-state index contributed by atoms with van der Waals surface area (Å²) < 4.78 is 5.59. The smallest absolute Gasteiger partial charge is 0.320 e. The predicted octanol–water partition coefficient (Wildman–Crippen LogP) is 2.22. The van der Waals surface area contributed by atoms with E-state index in [9.17, 15) is 4.79 Å². The van der Waals surface area contributed by atoms with Crippen LogP contribution in [0.15, 0.2) is 24.3 Å². The van der Waals surface area contributed by atoms with Crippen LogP contribution in [-0.4, -0.2) is 30.3 Å². The fraction of sp³-hybridized carbons (Fsp3) is 0.500. The van der Waals surface area contributed by atoms with Gasteiger partial charge in [0.15, 0.2) is 0 Å². The van der Waals surface area contributed by atoms with Crippen molar-refractivity contribution in [1.82, 2.24) is 5.32 Å². The number of aryl methyl sites for hydroxylation is 1. The maximum absolute atomic E-state index is 11.0. The second-order valence-electron chi connectivity index (χ2n) is 4.25. The molecule has 0 spiro atoms. The summed E-state index contributed by atoms with van der Waals surface area (Å²) in [6, 6.07) is 7.19. The molecule has 2 N–H and O–H groups in total. The van der Waals surface area contributed by atoms with E-state index in [0.29, 0.717) is 19.6 Å². The molecule has 0 saturated heterocycles.